The fourth-order valence-electron chi connectivity index (χ4n) is 2.69. The first-order valence-electron chi connectivity index (χ1n) is 6.14. The summed E-state index contributed by atoms with van der Waals surface area (Å²) in [5.41, 5.74) is 1.28. The molecule has 2 heteroatoms. The smallest absolute Gasteiger partial charge is 0.119 e. The summed E-state index contributed by atoms with van der Waals surface area (Å²) in [5.74, 6) is 1.01. The molecule has 16 heavy (non-hydrogen) atoms. The first kappa shape index (κ1) is 10.2. The quantitative estimate of drug-likeness (QED) is 0.820. The van der Waals surface area contributed by atoms with Crippen LogP contribution in [0.3, 0.4) is 0 Å². The SMILES string of the molecule is Cc1ccc(OC2C[C]3CCC(C2)N3)cc1. The normalized spacial score (nSPS) is 29.3. The molecular weight excluding hydrogens is 198 g/mol. The number of rotatable bonds is 2. The molecule has 1 aromatic rings. The van der Waals surface area contributed by atoms with Crippen molar-refractivity contribution in [1.29, 1.82) is 0 Å². The Labute approximate surface area is 97.0 Å². The Bertz CT molecular complexity index is 348. The molecule has 2 bridgehead atoms. The van der Waals surface area contributed by atoms with Crippen LogP contribution in [-0.2, 0) is 0 Å². The molecule has 2 nitrogen and oxygen atoms in total. The highest BCUT2D eigenvalue weighted by Gasteiger charge is 2.34. The van der Waals surface area contributed by atoms with E-state index in [1.165, 1.54) is 24.4 Å². The summed E-state index contributed by atoms with van der Waals surface area (Å²) in [4.78, 5) is 0. The monoisotopic (exact) mass is 216 g/mol. The summed E-state index contributed by atoms with van der Waals surface area (Å²) in [6, 6.07) is 10.5. The number of ether oxygens (including phenoxy) is 1. The third-order valence-electron chi connectivity index (χ3n) is 3.55. The van der Waals surface area contributed by atoms with Crippen LogP contribution in [0.1, 0.15) is 31.2 Å². The van der Waals surface area contributed by atoms with Gasteiger partial charge in [0.15, 0.2) is 0 Å². The van der Waals surface area contributed by atoms with Crippen LogP contribution in [0.4, 0.5) is 0 Å². The Morgan fingerprint density at radius 3 is 2.81 bits per heavy atom. The topological polar surface area (TPSA) is 21.3 Å². The number of hydrogen-bond acceptors (Lipinski definition) is 2. The van der Waals surface area contributed by atoms with Gasteiger partial charge < -0.3 is 10.1 Å². The van der Waals surface area contributed by atoms with Gasteiger partial charge in [0, 0.05) is 18.5 Å². The second-order valence-electron chi connectivity index (χ2n) is 4.98. The van der Waals surface area contributed by atoms with Crippen molar-refractivity contribution in [3.8, 4) is 5.75 Å². The summed E-state index contributed by atoms with van der Waals surface area (Å²) in [5, 5.41) is 3.55. The van der Waals surface area contributed by atoms with E-state index >= 15 is 0 Å². The maximum Gasteiger partial charge on any atom is 0.119 e. The van der Waals surface area contributed by atoms with Crippen LogP contribution < -0.4 is 10.1 Å². The third-order valence-corrected chi connectivity index (χ3v) is 3.55. The molecule has 1 radical (unpaired) electrons. The van der Waals surface area contributed by atoms with Gasteiger partial charge in [0.05, 0.1) is 0 Å². The van der Waals surface area contributed by atoms with Gasteiger partial charge in [-0.1, -0.05) is 17.7 Å². The predicted molar refractivity (Wildman–Crippen MR) is 64.2 cm³/mol. The number of nitrogens with one attached hydrogen (secondary N) is 1. The van der Waals surface area contributed by atoms with Crippen LogP contribution >= 0.6 is 0 Å². The van der Waals surface area contributed by atoms with Crippen LogP contribution in [0, 0.1) is 13.0 Å². The Morgan fingerprint density at radius 2 is 2.06 bits per heavy atom. The number of hydrogen-bond donors (Lipinski definition) is 1. The summed E-state index contributed by atoms with van der Waals surface area (Å²) >= 11 is 0. The van der Waals surface area contributed by atoms with Gasteiger partial charge >= 0.3 is 0 Å². The minimum absolute atomic E-state index is 0.381. The highest BCUT2D eigenvalue weighted by molar-refractivity contribution is 5.26. The van der Waals surface area contributed by atoms with E-state index in [0.29, 0.717) is 12.1 Å². The van der Waals surface area contributed by atoms with Crippen LogP contribution in [0.15, 0.2) is 24.3 Å². The van der Waals surface area contributed by atoms with Gasteiger partial charge in [0.2, 0.25) is 0 Å². The lowest BCUT2D eigenvalue weighted by Gasteiger charge is -2.29. The number of aryl methyl sites for hydroxylation is 1. The average molecular weight is 216 g/mol. The van der Waals surface area contributed by atoms with E-state index in [-0.39, 0.29) is 0 Å². The van der Waals surface area contributed by atoms with Crippen molar-refractivity contribution in [3.05, 3.63) is 35.9 Å². The van der Waals surface area contributed by atoms with Gasteiger partial charge in [-0.25, -0.2) is 0 Å². The first-order valence-corrected chi connectivity index (χ1v) is 6.14. The van der Waals surface area contributed by atoms with Crippen molar-refractivity contribution in [2.45, 2.75) is 44.8 Å². The largest absolute Gasteiger partial charge is 0.490 e. The summed E-state index contributed by atoms with van der Waals surface area (Å²) < 4.78 is 6.03. The van der Waals surface area contributed by atoms with Crippen LogP contribution in [0.25, 0.3) is 0 Å². The molecule has 0 amide bonds. The molecule has 2 saturated heterocycles. The zero-order valence-corrected chi connectivity index (χ0v) is 9.70. The molecule has 0 aromatic heterocycles. The van der Waals surface area contributed by atoms with Gasteiger partial charge in [0.25, 0.3) is 0 Å². The van der Waals surface area contributed by atoms with Gasteiger partial charge in [-0.15, -0.1) is 0 Å². The zero-order chi connectivity index (χ0) is 11.0. The lowest BCUT2D eigenvalue weighted by molar-refractivity contribution is 0.155. The maximum absolute atomic E-state index is 6.03. The van der Waals surface area contributed by atoms with Crippen molar-refractivity contribution in [1.82, 2.24) is 5.32 Å². The van der Waals surface area contributed by atoms with Crippen molar-refractivity contribution in [2.75, 3.05) is 0 Å². The molecule has 1 aromatic carbocycles. The van der Waals surface area contributed by atoms with Gasteiger partial charge in [-0.2, -0.15) is 0 Å². The molecule has 2 fully saturated rings. The Morgan fingerprint density at radius 1 is 1.25 bits per heavy atom. The third kappa shape index (κ3) is 2.07. The first-order chi connectivity index (χ1) is 7.79. The molecule has 85 valence electrons. The van der Waals surface area contributed by atoms with E-state index in [9.17, 15) is 0 Å². The summed E-state index contributed by atoms with van der Waals surface area (Å²) in [6.45, 7) is 2.10. The van der Waals surface area contributed by atoms with Crippen molar-refractivity contribution in [3.63, 3.8) is 0 Å². The highest BCUT2D eigenvalue weighted by Crippen LogP contribution is 2.33. The molecule has 2 aliphatic rings. The standard InChI is InChI=1S/C14H18NO/c1-10-2-6-13(7-3-10)16-14-8-11-4-5-12(9-14)15-11/h2-3,6-7,11,14-15H,4-5,8-9H2,1H3. The predicted octanol–water partition coefficient (Wildman–Crippen LogP) is 2.82. The van der Waals surface area contributed by atoms with Crippen molar-refractivity contribution >= 4 is 0 Å². The molecule has 2 heterocycles. The molecule has 0 spiro atoms. The fourth-order valence-corrected chi connectivity index (χ4v) is 2.69. The van der Waals surface area contributed by atoms with Crippen molar-refractivity contribution < 1.29 is 4.74 Å². The van der Waals surface area contributed by atoms with E-state index in [4.69, 9.17) is 4.74 Å². The van der Waals surface area contributed by atoms with Gasteiger partial charge in [0.1, 0.15) is 11.9 Å². The lowest BCUT2D eigenvalue weighted by atomic mass is 10.0. The molecule has 1 N–H and O–H groups in total. The van der Waals surface area contributed by atoms with Crippen LogP contribution in [0.5, 0.6) is 5.75 Å². The highest BCUT2D eigenvalue weighted by atomic mass is 16.5. The van der Waals surface area contributed by atoms with Gasteiger partial charge in [-0.3, -0.25) is 0 Å². The minimum Gasteiger partial charge on any atom is -0.490 e. The molecule has 0 saturated carbocycles. The molecular formula is C14H18NO. The van der Waals surface area contributed by atoms with E-state index in [0.717, 1.165) is 18.6 Å². The van der Waals surface area contributed by atoms with E-state index in [1.54, 1.807) is 0 Å². The van der Waals surface area contributed by atoms with E-state index < -0.39 is 0 Å². The van der Waals surface area contributed by atoms with Crippen LogP contribution in [0.2, 0.25) is 0 Å². The maximum atomic E-state index is 6.03. The number of fused-ring (bicyclic) bond motifs is 2. The lowest BCUT2D eigenvalue weighted by Crippen LogP contribution is -2.38. The zero-order valence-electron chi connectivity index (χ0n) is 9.70. The summed E-state index contributed by atoms with van der Waals surface area (Å²) in [6.07, 6.45) is 5.16. The van der Waals surface area contributed by atoms with Crippen LogP contribution in [-0.4, -0.2) is 12.1 Å². The molecule has 0 aliphatic carbocycles. The minimum atomic E-state index is 0.381. The second kappa shape index (κ2) is 4.10. The van der Waals surface area contributed by atoms with E-state index in [2.05, 4.69) is 36.5 Å². The molecule has 2 atom stereocenters. The second-order valence-corrected chi connectivity index (χ2v) is 4.98. The average Bonchev–Trinajstić information content (AvgIpc) is 2.62. The number of piperidine rings is 1. The Hall–Kier alpha value is -1.02. The molecule has 2 unspecified atom stereocenters. The molecule has 3 rings (SSSR count). The Balaban J connectivity index is 1.64. The van der Waals surface area contributed by atoms with E-state index in [1.807, 2.05) is 0 Å². The molecule has 2 aliphatic heterocycles. The number of benzene rings is 1. The fraction of sp³-hybridized carbons (Fsp3) is 0.500. The van der Waals surface area contributed by atoms with Gasteiger partial charge in [-0.05, 0) is 38.3 Å². The Kier molecular flexibility index (Phi) is 2.60. The summed E-state index contributed by atoms with van der Waals surface area (Å²) in [7, 11) is 0. The van der Waals surface area contributed by atoms with Crippen molar-refractivity contribution in [2.24, 2.45) is 0 Å².